The van der Waals surface area contributed by atoms with Crippen molar-refractivity contribution in [2.24, 2.45) is 52.3 Å². The zero-order valence-electron chi connectivity index (χ0n) is 23.0. The summed E-state index contributed by atoms with van der Waals surface area (Å²) in [5, 5.41) is 16.9. The number of nitrogens with one attached hydrogen (secondary N) is 1. The van der Waals surface area contributed by atoms with Crippen molar-refractivity contribution in [1.29, 1.82) is 0 Å². The second-order valence-electron chi connectivity index (χ2n) is 13.8. The standard InChI is InChI=1S/C31H47NO3S/c1-18(2)29(26-7-6-14-36-26)32-27(35)15-19(3)22-8-9-23-28-24(11-13-31(22,23)5)30(4)12-10-21(33)16-20(30)17-25(28)34/h6-7,14,18-20,22-25,28-29,34H,8-13,15-17H2,1-5H3,(H,32,35)/t19-,20+,22-,23+,24+,25-,28+,29?,30+,31-/m1/s1. The normalized spacial score (nSPS) is 41.8. The van der Waals surface area contributed by atoms with Crippen LogP contribution >= 0.6 is 11.3 Å². The van der Waals surface area contributed by atoms with E-state index in [0.717, 1.165) is 19.3 Å². The van der Waals surface area contributed by atoms with Crippen molar-refractivity contribution < 1.29 is 14.7 Å². The first-order valence-electron chi connectivity index (χ1n) is 14.6. The molecule has 4 fully saturated rings. The lowest BCUT2D eigenvalue weighted by atomic mass is 9.44. The quantitative estimate of drug-likeness (QED) is 0.440. The molecule has 0 radical (unpaired) electrons. The van der Waals surface area contributed by atoms with Gasteiger partial charge in [0.25, 0.3) is 0 Å². The van der Waals surface area contributed by atoms with E-state index in [1.165, 1.54) is 30.6 Å². The minimum Gasteiger partial charge on any atom is -0.393 e. The largest absolute Gasteiger partial charge is 0.393 e. The Hall–Kier alpha value is -1.20. The zero-order valence-corrected chi connectivity index (χ0v) is 23.8. The molecule has 36 heavy (non-hydrogen) atoms. The van der Waals surface area contributed by atoms with Crippen LogP contribution in [0.2, 0.25) is 0 Å². The van der Waals surface area contributed by atoms with Crippen LogP contribution in [0.1, 0.15) is 103 Å². The molecule has 10 atom stereocenters. The molecule has 4 saturated carbocycles. The number of rotatable bonds is 6. The average Bonchev–Trinajstić information content (AvgIpc) is 3.46. The van der Waals surface area contributed by atoms with Gasteiger partial charge in [0.1, 0.15) is 5.78 Å². The molecule has 0 aromatic carbocycles. The second kappa shape index (κ2) is 9.84. The van der Waals surface area contributed by atoms with Crippen molar-refractivity contribution in [2.45, 2.75) is 105 Å². The molecule has 1 aromatic heterocycles. The van der Waals surface area contributed by atoms with Gasteiger partial charge in [-0.05, 0) is 102 Å². The highest BCUT2D eigenvalue weighted by Crippen LogP contribution is 2.68. The first-order valence-corrected chi connectivity index (χ1v) is 15.4. The van der Waals surface area contributed by atoms with Gasteiger partial charge in [-0.3, -0.25) is 9.59 Å². The Morgan fingerprint density at radius 2 is 1.89 bits per heavy atom. The third kappa shape index (κ3) is 4.40. The van der Waals surface area contributed by atoms with Crippen molar-refractivity contribution in [3.05, 3.63) is 22.4 Å². The Bertz CT molecular complexity index is 959. The van der Waals surface area contributed by atoms with E-state index in [2.05, 4.69) is 57.4 Å². The van der Waals surface area contributed by atoms with E-state index in [-0.39, 0.29) is 28.9 Å². The minimum atomic E-state index is -0.279. The Morgan fingerprint density at radius 1 is 1.14 bits per heavy atom. The van der Waals surface area contributed by atoms with Crippen LogP contribution in [0.25, 0.3) is 0 Å². The highest BCUT2D eigenvalue weighted by atomic mass is 32.1. The van der Waals surface area contributed by atoms with Crippen LogP contribution in [0.15, 0.2) is 17.5 Å². The van der Waals surface area contributed by atoms with Gasteiger partial charge in [-0.15, -0.1) is 11.3 Å². The molecule has 1 heterocycles. The maximum absolute atomic E-state index is 13.2. The van der Waals surface area contributed by atoms with Gasteiger partial charge in [0.15, 0.2) is 0 Å². The van der Waals surface area contributed by atoms with Crippen LogP contribution in [0, 0.1) is 52.3 Å². The van der Waals surface area contributed by atoms with Crippen LogP contribution in [0.3, 0.4) is 0 Å². The van der Waals surface area contributed by atoms with Crippen molar-refractivity contribution in [2.75, 3.05) is 0 Å². The Labute approximate surface area is 222 Å². The maximum Gasteiger partial charge on any atom is 0.220 e. The average molecular weight is 514 g/mol. The molecule has 1 amide bonds. The Kier molecular flexibility index (Phi) is 7.22. The first-order chi connectivity index (χ1) is 17.0. The van der Waals surface area contributed by atoms with Crippen molar-refractivity contribution in [3.63, 3.8) is 0 Å². The molecule has 1 unspecified atom stereocenters. The van der Waals surface area contributed by atoms with Gasteiger partial charge in [-0.2, -0.15) is 0 Å². The van der Waals surface area contributed by atoms with E-state index in [0.29, 0.717) is 60.1 Å². The highest BCUT2D eigenvalue weighted by Gasteiger charge is 2.62. The van der Waals surface area contributed by atoms with Gasteiger partial charge in [0.05, 0.1) is 12.1 Å². The lowest BCUT2D eigenvalue weighted by Gasteiger charge is -2.61. The minimum absolute atomic E-state index is 0.0838. The van der Waals surface area contributed by atoms with Crippen LogP contribution in [0.5, 0.6) is 0 Å². The number of fused-ring (bicyclic) bond motifs is 5. The lowest BCUT2D eigenvalue weighted by Crippen LogP contribution is -2.58. The summed E-state index contributed by atoms with van der Waals surface area (Å²) in [5.74, 6) is 3.58. The van der Waals surface area contributed by atoms with E-state index in [4.69, 9.17) is 0 Å². The molecule has 4 nitrogen and oxygen atoms in total. The second-order valence-corrected chi connectivity index (χ2v) is 14.7. The van der Waals surface area contributed by atoms with Crippen LogP contribution in [-0.2, 0) is 9.59 Å². The van der Waals surface area contributed by atoms with Crippen LogP contribution in [-0.4, -0.2) is 22.9 Å². The van der Waals surface area contributed by atoms with Crippen molar-refractivity contribution in [3.8, 4) is 0 Å². The van der Waals surface area contributed by atoms with Crippen LogP contribution < -0.4 is 5.32 Å². The molecule has 2 N–H and O–H groups in total. The van der Waals surface area contributed by atoms with E-state index >= 15 is 0 Å². The van der Waals surface area contributed by atoms with Gasteiger partial charge in [-0.25, -0.2) is 0 Å². The molecular formula is C31H47NO3S. The predicted octanol–water partition coefficient (Wildman–Crippen LogP) is 6.79. The van der Waals surface area contributed by atoms with E-state index < -0.39 is 0 Å². The number of carbonyl (C=O) groups is 2. The smallest absolute Gasteiger partial charge is 0.220 e. The van der Waals surface area contributed by atoms with Gasteiger partial charge in [0.2, 0.25) is 5.91 Å². The van der Waals surface area contributed by atoms with Gasteiger partial charge in [0, 0.05) is 24.1 Å². The monoisotopic (exact) mass is 513 g/mol. The van der Waals surface area contributed by atoms with E-state index in [9.17, 15) is 14.7 Å². The van der Waals surface area contributed by atoms with E-state index in [1.807, 2.05) is 0 Å². The SMILES string of the molecule is CC(C)C(NC(=O)C[C@@H](C)[C@H]1CC[C@H]2[C@@H]3[C@H](O)C[C@@H]4CC(=O)CC[C@]4(C)[C@H]3CC[C@]12C)c1cccs1. The number of aliphatic hydroxyl groups excluding tert-OH is 1. The van der Waals surface area contributed by atoms with E-state index in [1.54, 1.807) is 11.3 Å². The topological polar surface area (TPSA) is 66.4 Å². The Balaban J connectivity index is 1.28. The zero-order chi connectivity index (χ0) is 25.8. The van der Waals surface area contributed by atoms with Crippen molar-refractivity contribution in [1.82, 2.24) is 5.32 Å². The summed E-state index contributed by atoms with van der Waals surface area (Å²) in [4.78, 5) is 26.7. The fourth-order valence-electron chi connectivity index (χ4n) is 9.69. The van der Waals surface area contributed by atoms with Gasteiger partial charge in [-0.1, -0.05) is 40.7 Å². The van der Waals surface area contributed by atoms with Crippen LogP contribution in [0.4, 0.5) is 0 Å². The maximum atomic E-state index is 13.2. The number of aliphatic hydroxyl groups is 1. The number of amides is 1. The number of thiophene rings is 1. The summed E-state index contributed by atoms with van der Waals surface area (Å²) in [6.07, 6.45) is 8.23. The molecule has 4 aliphatic rings. The summed E-state index contributed by atoms with van der Waals surface area (Å²) in [6.45, 7) is 11.6. The molecule has 0 bridgehead atoms. The van der Waals surface area contributed by atoms with Crippen molar-refractivity contribution >= 4 is 23.0 Å². The predicted molar refractivity (Wildman–Crippen MR) is 145 cm³/mol. The van der Waals surface area contributed by atoms with Gasteiger partial charge >= 0.3 is 0 Å². The molecule has 5 rings (SSSR count). The molecule has 1 aromatic rings. The van der Waals surface area contributed by atoms with Gasteiger partial charge < -0.3 is 10.4 Å². The lowest BCUT2D eigenvalue weighted by molar-refractivity contribution is -0.169. The number of Topliss-reactive ketones (excluding diaryl/α,β-unsaturated/α-hetero) is 1. The first kappa shape index (κ1) is 26.4. The number of ketones is 1. The summed E-state index contributed by atoms with van der Waals surface area (Å²) in [7, 11) is 0. The summed E-state index contributed by atoms with van der Waals surface area (Å²) >= 11 is 1.72. The summed E-state index contributed by atoms with van der Waals surface area (Å²) in [6, 6.07) is 4.27. The fraction of sp³-hybridized carbons (Fsp3) is 0.806. The Morgan fingerprint density at radius 3 is 2.58 bits per heavy atom. The third-order valence-corrected chi connectivity index (χ3v) is 12.6. The third-order valence-electron chi connectivity index (χ3n) is 11.6. The molecule has 0 spiro atoms. The molecule has 5 heteroatoms. The number of carbonyl (C=O) groups excluding carboxylic acids is 2. The summed E-state index contributed by atoms with van der Waals surface area (Å²) in [5.41, 5.74) is 0.400. The highest BCUT2D eigenvalue weighted by molar-refractivity contribution is 7.10. The molecular weight excluding hydrogens is 466 g/mol. The number of hydrogen-bond donors (Lipinski definition) is 2. The fourth-order valence-corrected chi connectivity index (χ4v) is 10.6. The number of hydrogen-bond acceptors (Lipinski definition) is 4. The summed E-state index contributed by atoms with van der Waals surface area (Å²) < 4.78 is 0. The molecule has 0 aliphatic heterocycles. The molecule has 0 saturated heterocycles. The molecule has 4 aliphatic carbocycles. The molecule has 200 valence electrons.